The van der Waals surface area contributed by atoms with Gasteiger partial charge in [-0.3, -0.25) is 4.79 Å². The van der Waals surface area contributed by atoms with Gasteiger partial charge in [-0.2, -0.15) is 0 Å². The third kappa shape index (κ3) is 4.18. The highest BCUT2D eigenvalue weighted by atomic mass is 16.5. The lowest BCUT2D eigenvalue weighted by Gasteiger charge is -2.11. The van der Waals surface area contributed by atoms with Crippen LogP contribution in [0.25, 0.3) is 10.8 Å². The molecule has 112 valence electrons. The molecule has 0 heterocycles. The van der Waals surface area contributed by atoms with Crippen molar-refractivity contribution in [3.05, 3.63) is 42.0 Å². The van der Waals surface area contributed by atoms with Crippen LogP contribution in [0.15, 0.2) is 36.4 Å². The summed E-state index contributed by atoms with van der Waals surface area (Å²) in [4.78, 5) is 10.5. The highest BCUT2D eigenvalue weighted by molar-refractivity contribution is 5.91. The minimum atomic E-state index is -0.448. The second-order valence-electron chi connectivity index (χ2n) is 4.67. The first-order valence-electron chi connectivity index (χ1n) is 6.83. The molecule has 5 heteroatoms. The molecule has 0 fully saturated rings. The fraction of sp³-hybridized carbons (Fsp3) is 0.312. The van der Waals surface area contributed by atoms with Crippen molar-refractivity contribution in [3.8, 4) is 5.75 Å². The molecule has 2 aromatic rings. The summed E-state index contributed by atoms with van der Waals surface area (Å²) in [5.41, 5.74) is 6.19. The minimum absolute atomic E-state index is 0.0346. The van der Waals surface area contributed by atoms with Crippen molar-refractivity contribution >= 4 is 16.7 Å². The molecular formula is C16H20N2O3. The number of carbonyl (C=O) groups excluding carboxylic acids is 1. The molecule has 0 aliphatic heterocycles. The minimum Gasteiger partial charge on any atom is -0.496 e. The van der Waals surface area contributed by atoms with Gasteiger partial charge in [-0.15, -0.1) is 0 Å². The fourth-order valence-electron chi connectivity index (χ4n) is 2.21. The monoisotopic (exact) mass is 288 g/mol. The van der Waals surface area contributed by atoms with Crippen LogP contribution in [0.5, 0.6) is 5.75 Å². The summed E-state index contributed by atoms with van der Waals surface area (Å²) >= 11 is 0. The SMILES string of the molecule is COc1ccc(CNCCOCC(N)=O)c2ccccc12. The van der Waals surface area contributed by atoms with Crippen LogP contribution in [0.2, 0.25) is 0 Å². The molecule has 0 unspecified atom stereocenters. The van der Waals surface area contributed by atoms with Crippen molar-refractivity contribution in [2.24, 2.45) is 5.73 Å². The molecular weight excluding hydrogens is 268 g/mol. The Hall–Kier alpha value is -2.11. The third-order valence-corrected chi connectivity index (χ3v) is 3.18. The summed E-state index contributed by atoms with van der Waals surface area (Å²) in [7, 11) is 1.68. The van der Waals surface area contributed by atoms with E-state index in [1.54, 1.807) is 7.11 Å². The van der Waals surface area contributed by atoms with Gasteiger partial charge in [0, 0.05) is 18.5 Å². The second kappa shape index (κ2) is 7.61. The first kappa shape index (κ1) is 15.3. The maximum atomic E-state index is 10.5. The Kier molecular flexibility index (Phi) is 5.54. The molecule has 0 aliphatic rings. The molecule has 0 spiro atoms. The van der Waals surface area contributed by atoms with E-state index in [0.29, 0.717) is 13.2 Å². The number of carbonyl (C=O) groups is 1. The van der Waals surface area contributed by atoms with E-state index in [4.69, 9.17) is 15.2 Å². The zero-order chi connectivity index (χ0) is 15.1. The van der Waals surface area contributed by atoms with E-state index >= 15 is 0 Å². The molecule has 0 atom stereocenters. The molecule has 2 rings (SSSR count). The summed E-state index contributed by atoms with van der Waals surface area (Å²) in [6.07, 6.45) is 0. The van der Waals surface area contributed by atoms with Gasteiger partial charge in [-0.05, 0) is 17.0 Å². The maximum absolute atomic E-state index is 10.5. The Balaban J connectivity index is 1.95. The quantitative estimate of drug-likeness (QED) is 0.721. The zero-order valence-corrected chi connectivity index (χ0v) is 12.1. The summed E-state index contributed by atoms with van der Waals surface area (Å²) in [6, 6.07) is 12.2. The van der Waals surface area contributed by atoms with Crippen LogP contribution >= 0.6 is 0 Å². The summed E-state index contributed by atoms with van der Waals surface area (Å²) < 4.78 is 10.5. The molecule has 0 radical (unpaired) electrons. The summed E-state index contributed by atoms with van der Waals surface area (Å²) in [5, 5.41) is 5.56. The molecule has 0 aromatic heterocycles. The largest absolute Gasteiger partial charge is 0.496 e. The predicted octanol–water partition coefficient (Wildman–Crippen LogP) is 1.44. The Morgan fingerprint density at radius 2 is 1.95 bits per heavy atom. The van der Waals surface area contributed by atoms with E-state index in [0.717, 1.165) is 17.7 Å². The average molecular weight is 288 g/mol. The number of amides is 1. The Morgan fingerprint density at radius 3 is 2.67 bits per heavy atom. The molecule has 0 aliphatic carbocycles. The van der Waals surface area contributed by atoms with Crippen LogP contribution in [0.1, 0.15) is 5.56 Å². The van der Waals surface area contributed by atoms with Gasteiger partial charge < -0.3 is 20.5 Å². The predicted molar refractivity (Wildman–Crippen MR) is 82.2 cm³/mol. The van der Waals surface area contributed by atoms with Gasteiger partial charge in [0.15, 0.2) is 0 Å². The molecule has 5 nitrogen and oxygen atoms in total. The number of methoxy groups -OCH3 is 1. The first-order valence-corrected chi connectivity index (χ1v) is 6.83. The number of rotatable bonds is 8. The van der Waals surface area contributed by atoms with Gasteiger partial charge in [0.2, 0.25) is 5.91 Å². The van der Waals surface area contributed by atoms with Gasteiger partial charge in [0.25, 0.3) is 0 Å². The fourth-order valence-corrected chi connectivity index (χ4v) is 2.21. The van der Waals surface area contributed by atoms with Crippen molar-refractivity contribution in [3.63, 3.8) is 0 Å². The van der Waals surface area contributed by atoms with Gasteiger partial charge in [0.1, 0.15) is 12.4 Å². The summed E-state index contributed by atoms with van der Waals surface area (Å²) in [5.74, 6) is 0.426. The van der Waals surface area contributed by atoms with E-state index in [2.05, 4.69) is 17.4 Å². The van der Waals surface area contributed by atoms with E-state index in [9.17, 15) is 4.79 Å². The Labute approximate surface area is 124 Å². The lowest BCUT2D eigenvalue weighted by atomic mass is 10.0. The molecule has 2 aromatic carbocycles. The van der Waals surface area contributed by atoms with E-state index in [1.807, 2.05) is 24.3 Å². The number of primary amides is 1. The van der Waals surface area contributed by atoms with Crippen LogP contribution in [0.4, 0.5) is 0 Å². The molecule has 0 saturated carbocycles. The smallest absolute Gasteiger partial charge is 0.243 e. The standard InChI is InChI=1S/C16H20N2O3/c1-20-15-7-6-12(13-4-2-3-5-14(13)15)10-18-8-9-21-11-16(17)19/h2-7,18H,8-11H2,1H3,(H2,17,19). The van der Waals surface area contributed by atoms with E-state index in [-0.39, 0.29) is 6.61 Å². The van der Waals surface area contributed by atoms with Crippen LogP contribution < -0.4 is 15.8 Å². The maximum Gasteiger partial charge on any atom is 0.243 e. The molecule has 21 heavy (non-hydrogen) atoms. The Bertz CT molecular complexity index is 613. The topological polar surface area (TPSA) is 73.6 Å². The van der Waals surface area contributed by atoms with Crippen molar-refractivity contribution < 1.29 is 14.3 Å². The van der Waals surface area contributed by atoms with E-state index in [1.165, 1.54) is 10.9 Å². The van der Waals surface area contributed by atoms with Gasteiger partial charge in [-0.25, -0.2) is 0 Å². The lowest BCUT2D eigenvalue weighted by molar-refractivity contribution is -0.122. The number of nitrogens with two attached hydrogens (primary N) is 1. The van der Waals surface area contributed by atoms with Crippen LogP contribution in [0, 0.1) is 0 Å². The number of fused-ring (bicyclic) bond motifs is 1. The summed E-state index contributed by atoms with van der Waals surface area (Å²) in [6.45, 7) is 1.81. The Morgan fingerprint density at radius 1 is 1.19 bits per heavy atom. The molecule has 3 N–H and O–H groups in total. The van der Waals surface area contributed by atoms with Crippen LogP contribution in [0.3, 0.4) is 0 Å². The van der Waals surface area contributed by atoms with Crippen molar-refractivity contribution in [1.29, 1.82) is 0 Å². The number of hydrogen-bond acceptors (Lipinski definition) is 4. The van der Waals surface area contributed by atoms with Crippen molar-refractivity contribution in [1.82, 2.24) is 5.32 Å². The van der Waals surface area contributed by atoms with E-state index < -0.39 is 5.91 Å². The highest BCUT2D eigenvalue weighted by Gasteiger charge is 2.05. The second-order valence-corrected chi connectivity index (χ2v) is 4.67. The van der Waals surface area contributed by atoms with Crippen LogP contribution in [-0.4, -0.2) is 32.8 Å². The normalized spacial score (nSPS) is 10.7. The van der Waals surface area contributed by atoms with Gasteiger partial charge >= 0.3 is 0 Å². The lowest BCUT2D eigenvalue weighted by Crippen LogP contribution is -2.23. The molecule has 0 saturated heterocycles. The van der Waals surface area contributed by atoms with Gasteiger partial charge in [0.05, 0.1) is 13.7 Å². The highest BCUT2D eigenvalue weighted by Crippen LogP contribution is 2.28. The molecule has 0 bridgehead atoms. The molecule has 1 amide bonds. The number of nitrogens with one attached hydrogen (secondary N) is 1. The first-order chi connectivity index (χ1) is 10.2. The zero-order valence-electron chi connectivity index (χ0n) is 12.1. The average Bonchev–Trinajstić information content (AvgIpc) is 2.50. The van der Waals surface area contributed by atoms with Crippen LogP contribution in [-0.2, 0) is 16.1 Å². The number of benzene rings is 2. The third-order valence-electron chi connectivity index (χ3n) is 3.18. The number of hydrogen-bond donors (Lipinski definition) is 2. The van der Waals surface area contributed by atoms with Crippen molar-refractivity contribution in [2.45, 2.75) is 6.54 Å². The van der Waals surface area contributed by atoms with Gasteiger partial charge in [-0.1, -0.05) is 30.3 Å². The number of ether oxygens (including phenoxy) is 2. The van der Waals surface area contributed by atoms with Crippen molar-refractivity contribution in [2.75, 3.05) is 26.9 Å².